The number of carbonyl (C=O) groups is 1. The van der Waals surface area contributed by atoms with Crippen molar-refractivity contribution in [3.8, 4) is 11.5 Å². The molecule has 128 valence electrons. The van der Waals surface area contributed by atoms with Crippen molar-refractivity contribution < 1.29 is 14.3 Å². The first-order chi connectivity index (χ1) is 11.0. The first kappa shape index (κ1) is 18.0. The summed E-state index contributed by atoms with van der Waals surface area (Å²) in [4.78, 5) is 12.6. The molecular weight excluding hydrogens is 362 g/mol. The largest absolute Gasteiger partial charge is 0.496 e. The zero-order chi connectivity index (χ0) is 17.0. The molecule has 1 heterocycles. The Bertz CT molecular complexity index is 556. The standard InChI is InChI=1S/C16H24BrN3O3/c1-5-19-9-11(10-20(19)6-2)18-16(21)12-7-13(17)15(23-4)8-14(12)22-3/h7-8,11H,5-6,9-10H2,1-4H3,(H,18,21). The molecule has 7 heteroatoms. The molecule has 1 N–H and O–H groups in total. The number of likely N-dealkylation sites (N-methyl/N-ethyl adjacent to an activating group) is 2. The molecule has 0 aromatic heterocycles. The van der Waals surface area contributed by atoms with E-state index in [-0.39, 0.29) is 11.9 Å². The smallest absolute Gasteiger partial charge is 0.255 e. The number of benzene rings is 1. The summed E-state index contributed by atoms with van der Waals surface area (Å²) in [5.41, 5.74) is 0.498. The Morgan fingerprint density at radius 1 is 1.17 bits per heavy atom. The summed E-state index contributed by atoms with van der Waals surface area (Å²) >= 11 is 3.42. The van der Waals surface area contributed by atoms with Crippen LogP contribution in [0.25, 0.3) is 0 Å². The van der Waals surface area contributed by atoms with E-state index in [4.69, 9.17) is 9.47 Å². The van der Waals surface area contributed by atoms with Crippen molar-refractivity contribution in [1.29, 1.82) is 0 Å². The number of halogens is 1. The van der Waals surface area contributed by atoms with Crippen LogP contribution < -0.4 is 14.8 Å². The molecule has 0 bridgehead atoms. The van der Waals surface area contributed by atoms with Gasteiger partial charge in [-0.25, -0.2) is 10.0 Å². The second kappa shape index (κ2) is 7.99. The molecule has 1 aliphatic rings. The Hall–Kier alpha value is -1.31. The van der Waals surface area contributed by atoms with E-state index in [0.717, 1.165) is 30.7 Å². The Kier molecular flexibility index (Phi) is 6.26. The van der Waals surface area contributed by atoms with Gasteiger partial charge in [-0.05, 0) is 22.0 Å². The molecule has 1 amide bonds. The average molecular weight is 386 g/mol. The molecule has 1 aromatic carbocycles. The van der Waals surface area contributed by atoms with Gasteiger partial charge in [-0.15, -0.1) is 0 Å². The molecule has 1 aromatic rings. The minimum Gasteiger partial charge on any atom is -0.496 e. The fourth-order valence-electron chi connectivity index (χ4n) is 2.85. The van der Waals surface area contributed by atoms with E-state index in [1.54, 1.807) is 26.4 Å². The minimum atomic E-state index is -0.135. The van der Waals surface area contributed by atoms with Gasteiger partial charge in [-0.3, -0.25) is 4.79 Å². The van der Waals surface area contributed by atoms with Crippen molar-refractivity contribution in [2.75, 3.05) is 40.4 Å². The lowest BCUT2D eigenvalue weighted by Gasteiger charge is -2.24. The molecule has 1 aliphatic heterocycles. The molecular formula is C16H24BrN3O3. The fraction of sp³-hybridized carbons (Fsp3) is 0.562. The van der Waals surface area contributed by atoms with Crippen molar-refractivity contribution in [3.63, 3.8) is 0 Å². The van der Waals surface area contributed by atoms with Crippen molar-refractivity contribution in [3.05, 3.63) is 22.2 Å². The van der Waals surface area contributed by atoms with Gasteiger partial charge in [0.1, 0.15) is 11.5 Å². The highest BCUT2D eigenvalue weighted by Gasteiger charge is 2.29. The van der Waals surface area contributed by atoms with E-state index in [1.165, 1.54) is 0 Å². The molecule has 0 unspecified atom stereocenters. The minimum absolute atomic E-state index is 0.105. The summed E-state index contributed by atoms with van der Waals surface area (Å²) < 4.78 is 11.3. The number of nitrogens with zero attached hydrogens (tertiary/aromatic N) is 2. The van der Waals surface area contributed by atoms with Gasteiger partial charge in [-0.1, -0.05) is 13.8 Å². The molecule has 6 nitrogen and oxygen atoms in total. The second-order valence-corrected chi connectivity index (χ2v) is 6.22. The lowest BCUT2D eigenvalue weighted by atomic mass is 10.1. The first-order valence-corrected chi connectivity index (χ1v) is 8.55. The number of ether oxygens (including phenoxy) is 2. The van der Waals surface area contributed by atoms with Crippen LogP contribution in [0.15, 0.2) is 16.6 Å². The fourth-order valence-corrected chi connectivity index (χ4v) is 3.35. The van der Waals surface area contributed by atoms with Gasteiger partial charge in [0.15, 0.2) is 0 Å². The van der Waals surface area contributed by atoms with E-state index >= 15 is 0 Å². The van der Waals surface area contributed by atoms with Crippen molar-refractivity contribution >= 4 is 21.8 Å². The Morgan fingerprint density at radius 3 is 2.22 bits per heavy atom. The molecule has 0 saturated carbocycles. The van der Waals surface area contributed by atoms with Crippen LogP contribution in [0.1, 0.15) is 24.2 Å². The highest BCUT2D eigenvalue weighted by atomic mass is 79.9. The van der Waals surface area contributed by atoms with Gasteiger partial charge in [-0.2, -0.15) is 0 Å². The summed E-state index contributed by atoms with van der Waals surface area (Å²) in [5.74, 6) is 0.998. The van der Waals surface area contributed by atoms with Crippen LogP contribution in [0.2, 0.25) is 0 Å². The highest BCUT2D eigenvalue weighted by molar-refractivity contribution is 9.10. The topological polar surface area (TPSA) is 54.0 Å². The maximum absolute atomic E-state index is 12.6. The van der Waals surface area contributed by atoms with E-state index in [2.05, 4.69) is 45.1 Å². The quantitative estimate of drug-likeness (QED) is 0.812. The number of rotatable bonds is 6. The maximum atomic E-state index is 12.6. The van der Waals surface area contributed by atoms with Gasteiger partial charge >= 0.3 is 0 Å². The van der Waals surface area contributed by atoms with Crippen molar-refractivity contribution in [1.82, 2.24) is 15.3 Å². The number of nitrogens with one attached hydrogen (secondary N) is 1. The van der Waals surface area contributed by atoms with E-state index < -0.39 is 0 Å². The zero-order valence-electron chi connectivity index (χ0n) is 14.1. The van der Waals surface area contributed by atoms with Gasteiger partial charge < -0.3 is 14.8 Å². The number of methoxy groups -OCH3 is 2. The molecule has 0 radical (unpaired) electrons. The summed E-state index contributed by atoms with van der Waals surface area (Å²) in [5, 5.41) is 7.61. The Labute approximate surface area is 145 Å². The maximum Gasteiger partial charge on any atom is 0.255 e. The van der Waals surface area contributed by atoms with Gasteiger partial charge in [0, 0.05) is 32.2 Å². The highest BCUT2D eigenvalue weighted by Crippen LogP contribution is 2.32. The molecule has 1 fully saturated rings. The van der Waals surface area contributed by atoms with Crippen LogP contribution in [0.5, 0.6) is 11.5 Å². The van der Waals surface area contributed by atoms with Crippen molar-refractivity contribution in [2.24, 2.45) is 0 Å². The number of amides is 1. The van der Waals surface area contributed by atoms with Crippen LogP contribution in [-0.2, 0) is 0 Å². The van der Waals surface area contributed by atoms with E-state index in [9.17, 15) is 4.79 Å². The summed E-state index contributed by atoms with van der Waals surface area (Å²) in [6, 6.07) is 3.55. The SMILES string of the molecule is CCN1CC(NC(=O)c2cc(Br)c(OC)cc2OC)CN1CC. The third kappa shape index (κ3) is 3.97. The van der Waals surface area contributed by atoms with E-state index in [1.807, 2.05) is 0 Å². The lowest BCUT2D eigenvalue weighted by Crippen LogP contribution is -2.38. The third-order valence-electron chi connectivity index (χ3n) is 4.05. The normalized spacial score (nSPS) is 16.6. The number of hydrogen-bond acceptors (Lipinski definition) is 5. The predicted molar refractivity (Wildman–Crippen MR) is 93.0 cm³/mol. The van der Waals surface area contributed by atoms with Crippen LogP contribution in [0.3, 0.4) is 0 Å². The Balaban J connectivity index is 2.14. The zero-order valence-corrected chi connectivity index (χ0v) is 15.6. The summed E-state index contributed by atoms with van der Waals surface area (Å²) in [6.45, 7) is 7.79. The lowest BCUT2D eigenvalue weighted by molar-refractivity contribution is 0.0388. The van der Waals surface area contributed by atoms with Crippen LogP contribution in [0.4, 0.5) is 0 Å². The van der Waals surface area contributed by atoms with E-state index in [0.29, 0.717) is 17.1 Å². The van der Waals surface area contributed by atoms with Gasteiger partial charge in [0.2, 0.25) is 0 Å². The molecule has 0 spiro atoms. The molecule has 1 saturated heterocycles. The predicted octanol–water partition coefficient (Wildman–Crippen LogP) is 2.14. The molecule has 0 atom stereocenters. The Morgan fingerprint density at radius 2 is 1.74 bits per heavy atom. The second-order valence-electron chi connectivity index (χ2n) is 5.37. The first-order valence-electron chi connectivity index (χ1n) is 7.76. The monoisotopic (exact) mass is 385 g/mol. The number of hydrazine groups is 1. The summed E-state index contributed by atoms with van der Waals surface area (Å²) in [6.07, 6.45) is 0. The average Bonchev–Trinajstić information content (AvgIpc) is 2.96. The van der Waals surface area contributed by atoms with Gasteiger partial charge in [0.25, 0.3) is 5.91 Å². The molecule has 23 heavy (non-hydrogen) atoms. The molecule has 2 rings (SSSR count). The van der Waals surface area contributed by atoms with Crippen molar-refractivity contribution in [2.45, 2.75) is 19.9 Å². The summed E-state index contributed by atoms with van der Waals surface area (Å²) in [7, 11) is 3.13. The van der Waals surface area contributed by atoms with Crippen LogP contribution in [0, 0.1) is 0 Å². The van der Waals surface area contributed by atoms with Gasteiger partial charge in [0.05, 0.1) is 30.3 Å². The number of hydrogen-bond donors (Lipinski definition) is 1. The van der Waals surface area contributed by atoms with Crippen LogP contribution >= 0.6 is 15.9 Å². The number of carbonyl (C=O) groups excluding carboxylic acids is 1. The van der Waals surface area contributed by atoms with Crippen LogP contribution in [-0.4, -0.2) is 62.4 Å². The third-order valence-corrected chi connectivity index (χ3v) is 4.67. The molecule has 0 aliphatic carbocycles.